The van der Waals surface area contributed by atoms with Gasteiger partial charge < -0.3 is 18.9 Å². The van der Waals surface area contributed by atoms with E-state index < -0.39 is 23.8 Å². The fraction of sp³-hybridized carbons (Fsp3) is 0.600. The van der Waals surface area contributed by atoms with Gasteiger partial charge in [-0.1, -0.05) is 0 Å². The second kappa shape index (κ2) is 5.54. The molecule has 0 amide bonds. The molecule has 1 aliphatic rings. The SMILES string of the molecule is COC(C[SiH3])C(OC)(OC)C1=CC(=O)OC1=O. The molecule has 1 rings (SSSR count). The summed E-state index contributed by atoms with van der Waals surface area (Å²) in [4.78, 5) is 22.6. The Labute approximate surface area is 102 Å². The molecule has 0 spiro atoms. The Morgan fingerprint density at radius 3 is 2.24 bits per heavy atom. The Bertz CT molecular complexity index is 343. The Morgan fingerprint density at radius 1 is 1.35 bits per heavy atom. The molecule has 0 aromatic rings. The van der Waals surface area contributed by atoms with Crippen LogP contribution in [0.5, 0.6) is 0 Å². The average Bonchev–Trinajstić information content (AvgIpc) is 2.66. The molecular weight excluding hydrogens is 244 g/mol. The number of esters is 2. The van der Waals surface area contributed by atoms with Gasteiger partial charge in [-0.3, -0.25) is 0 Å². The molecule has 0 aliphatic carbocycles. The van der Waals surface area contributed by atoms with E-state index in [1.165, 1.54) is 21.3 Å². The lowest BCUT2D eigenvalue weighted by atomic mass is 10.0. The molecule has 0 radical (unpaired) electrons. The summed E-state index contributed by atoms with van der Waals surface area (Å²) in [6.07, 6.45) is 0.618. The van der Waals surface area contributed by atoms with Crippen molar-refractivity contribution < 1.29 is 28.5 Å². The van der Waals surface area contributed by atoms with Gasteiger partial charge in [0.25, 0.3) is 0 Å². The first-order chi connectivity index (χ1) is 8.05. The van der Waals surface area contributed by atoms with Crippen molar-refractivity contribution in [1.82, 2.24) is 0 Å². The zero-order valence-corrected chi connectivity index (χ0v) is 12.3. The van der Waals surface area contributed by atoms with Gasteiger partial charge in [0.1, 0.15) is 11.7 Å². The van der Waals surface area contributed by atoms with Gasteiger partial charge in [-0.2, -0.15) is 0 Å². The van der Waals surface area contributed by atoms with Crippen LogP contribution in [0.1, 0.15) is 0 Å². The Morgan fingerprint density at radius 2 is 1.94 bits per heavy atom. The number of rotatable bonds is 6. The van der Waals surface area contributed by atoms with Crippen LogP contribution in [-0.2, 0) is 28.5 Å². The number of carbonyl (C=O) groups excluding carboxylic acids is 2. The van der Waals surface area contributed by atoms with Crippen LogP contribution in [0.3, 0.4) is 0 Å². The molecule has 96 valence electrons. The summed E-state index contributed by atoms with van der Waals surface area (Å²) >= 11 is 0. The standard InChI is InChI=1S/C10H16O6Si/c1-13-7(5-17)10(14-2,15-3)6-4-8(11)16-9(6)12/h4,7H,5H2,1-3,17H3. The fourth-order valence-electron chi connectivity index (χ4n) is 1.93. The van der Waals surface area contributed by atoms with Crippen molar-refractivity contribution in [3.63, 3.8) is 0 Å². The van der Waals surface area contributed by atoms with Gasteiger partial charge in [-0.15, -0.1) is 0 Å². The number of hydrogen-bond acceptors (Lipinski definition) is 6. The molecule has 7 heteroatoms. The molecular formula is C10H16O6Si. The molecule has 0 saturated heterocycles. The van der Waals surface area contributed by atoms with Gasteiger partial charge >= 0.3 is 11.9 Å². The van der Waals surface area contributed by atoms with Crippen molar-refractivity contribution in [2.24, 2.45) is 0 Å². The highest BCUT2D eigenvalue weighted by Crippen LogP contribution is 2.33. The Balaban J connectivity index is 3.19. The van der Waals surface area contributed by atoms with Crippen LogP contribution < -0.4 is 0 Å². The summed E-state index contributed by atoms with van der Waals surface area (Å²) in [5.74, 6) is -2.86. The van der Waals surface area contributed by atoms with Crippen molar-refractivity contribution in [2.75, 3.05) is 21.3 Å². The number of hydrogen-bond donors (Lipinski definition) is 0. The molecule has 0 bridgehead atoms. The van der Waals surface area contributed by atoms with Gasteiger partial charge in [0.2, 0.25) is 5.79 Å². The number of ether oxygens (including phenoxy) is 4. The first-order valence-electron chi connectivity index (χ1n) is 5.17. The maximum atomic E-state index is 11.6. The summed E-state index contributed by atoms with van der Waals surface area (Å²) < 4.78 is 20.3. The van der Waals surface area contributed by atoms with Crippen LogP contribution in [0.25, 0.3) is 0 Å². The highest BCUT2D eigenvalue weighted by Gasteiger charge is 2.49. The highest BCUT2D eigenvalue weighted by atomic mass is 28.1. The van der Waals surface area contributed by atoms with Crippen molar-refractivity contribution in [3.05, 3.63) is 11.6 Å². The molecule has 0 N–H and O–H groups in total. The predicted octanol–water partition coefficient (Wildman–Crippen LogP) is -1.22. The Kier molecular flexibility index (Phi) is 4.58. The first kappa shape index (κ1) is 14.0. The Hall–Kier alpha value is -1.02. The van der Waals surface area contributed by atoms with E-state index >= 15 is 0 Å². The maximum absolute atomic E-state index is 11.6. The summed E-state index contributed by atoms with van der Waals surface area (Å²) in [6, 6.07) is 0.678. The summed E-state index contributed by atoms with van der Waals surface area (Å²) in [7, 11) is 5.11. The highest BCUT2D eigenvalue weighted by molar-refractivity contribution is 6.11. The van der Waals surface area contributed by atoms with Crippen molar-refractivity contribution >= 4 is 22.2 Å². The molecule has 6 nitrogen and oxygen atoms in total. The zero-order valence-electron chi connectivity index (χ0n) is 10.3. The average molecular weight is 260 g/mol. The normalized spacial score (nSPS) is 18.2. The van der Waals surface area contributed by atoms with Crippen LogP contribution >= 0.6 is 0 Å². The van der Waals surface area contributed by atoms with Crippen LogP contribution in [0, 0.1) is 0 Å². The predicted molar refractivity (Wildman–Crippen MR) is 61.5 cm³/mol. The summed E-state index contributed by atoms with van der Waals surface area (Å²) in [5.41, 5.74) is 0.0372. The second-order valence-corrected chi connectivity index (χ2v) is 4.29. The maximum Gasteiger partial charge on any atom is 0.347 e. The minimum atomic E-state index is -1.39. The van der Waals surface area contributed by atoms with Crippen molar-refractivity contribution in [2.45, 2.75) is 17.9 Å². The largest absolute Gasteiger partial charge is 0.386 e. The molecule has 1 aliphatic heterocycles. The van der Waals surface area contributed by atoms with Gasteiger partial charge in [-0.05, 0) is 6.04 Å². The van der Waals surface area contributed by atoms with E-state index in [1.807, 2.05) is 0 Å². The van der Waals surface area contributed by atoms with Crippen molar-refractivity contribution in [1.29, 1.82) is 0 Å². The van der Waals surface area contributed by atoms with E-state index in [0.717, 1.165) is 16.3 Å². The van der Waals surface area contributed by atoms with E-state index in [2.05, 4.69) is 4.74 Å². The molecule has 1 unspecified atom stereocenters. The van der Waals surface area contributed by atoms with Crippen LogP contribution in [0.4, 0.5) is 0 Å². The summed E-state index contributed by atoms with van der Waals surface area (Å²) in [5, 5.41) is 0. The topological polar surface area (TPSA) is 71.1 Å². The van der Waals surface area contributed by atoms with Crippen LogP contribution in [0.2, 0.25) is 6.04 Å². The quantitative estimate of drug-likeness (QED) is 0.258. The van der Waals surface area contributed by atoms with Gasteiger partial charge in [0.05, 0.1) is 0 Å². The number of cyclic esters (lactones) is 2. The molecule has 0 aromatic carbocycles. The van der Waals surface area contributed by atoms with Gasteiger partial charge in [-0.25, -0.2) is 9.59 Å². The van der Waals surface area contributed by atoms with E-state index in [4.69, 9.17) is 14.2 Å². The first-order valence-corrected chi connectivity index (χ1v) is 6.58. The molecule has 1 heterocycles. The van der Waals surface area contributed by atoms with Crippen LogP contribution in [-0.4, -0.2) is 55.4 Å². The summed E-state index contributed by atoms with van der Waals surface area (Å²) in [6.45, 7) is 0. The van der Waals surface area contributed by atoms with Gasteiger partial charge in [0.15, 0.2) is 0 Å². The lowest BCUT2D eigenvalue weighted by Gasteiger charge is -2.36. The third-order valence-electron chi connectivity index (χ3n) is 2.74. The second-order valence-electron chi connectivity index (χ2n) is 3.47. The van der Waals surface area contributed by atoms with Crippen LogP contribution in [0.15, 0.2) is 11.6 Å². The minimum absolute atomic E-state index is 0.0372. The van der Waals surface area contributed by atoms with Gasteiger partial charge in [0, 0.05) is 37.6 Å². The minimum Gasteiger partial charge on any atom is -0.386 e. The monoisotopic (exact) mass is 260 g/mol. The number of carbonyl (C=O) groups is 2. The fourth-order valence-corrected chi connectivity index (χ4v) is 2.80. The van der Waals surface area contributed by atoms with E-state index in [9.17, 15) is 9.59 Å². The molecule has 0 aromatic heterocycles. The molecule has 17 heavy (non-hydrogen) atoms. The third kappa shape index (κ3) is 2.32. The van der Waals surface area contributed by atoms with E-state index in [0.29, 0.717) is 6.04 Å². The lowest BCUT2D eigenvalue weighted by molar-refractivity contribution is -0.235. The third-order valence-corrected chi connectivity index (χ3v) is 3.48. The molecule has 0 fully saturated rings. The van der Waals surface area contributed by atoms with E-state index in [1.54, 1.807) is 0 Å². The smallest absolute Gasteiger partial charge is 0.347 e. The molecule has 0 saturated carbocycles. The zero-order chi connectivity index (χ0) is 13.1. The lowest BCUT2D eigenvalue weighted by Crippen LogP contribution is -2.50. The molecule has 1 atom stereocenters. The number of methoxy groups -OCH3 is 3. The van der Waals surface area contributed by atoms with Crippen molar-refractivity contribution in [3.8, 4) is 0 Å². The van der Waals surface area contributed by atoms with E-state index in [-0.39, 0.29) is 5.57 Å².